The number of halogens is 6. The normalized spacial score (nSPS) is 12.9. The Morgan fingerprint density at radius 3 is 2.53 bits per heavy atom. The van der Waals surface area contributed by atoms with Crippen LogP contribution in [0.5, 0.6) is 5.88 Å². The Balaban J connectivity index is 2.25. The quantitative estimate of drug-likeness (QED) is 0.635. The molecule has 3 nitrogen and oxygen atoms in total. The summed E-state index contributed by atoms with van der Waals surface area (Å²) in [6, 6.07) is 1.44. The zero-order valence-corrected chi connectivity index (χ0v) is 10.4. The molecule has 104 valence electrons. The number of thiophene rings is 1. The van der Waals surface area contributed by atoms with Crippen molar-refractivity contribution in [2.24, 2.45) is 0 Å². The minimum Gasteiger partial charge on any atom is -0.470 e. The predicted molar refractivity (Wildman–Crippen MR) is 58.9 cm³/mol. The van der Waals surface area contributed by atoms with Crippen molar-refractivity contribution >= 4 is 33.2 Å². The van der Waals surface area contributed by atoms with Crippen molar-refractivity contribution in [2.45, 2.75) is 12.1 Å². The van der Waals surface area contributed by atoms with Crippen LogP contribution < -0.4 is 4.74 Å². The first-order valence-corrected chi connectivity index (χ1v) is 5.94. The molecule has 19 heavy (non-hydrogen) atoms. The summed E-state index contributed by atoms with van der Waals surface area (Å²) in [5.74, 6) is -5.37. The fraction of sp³-hybridized carbons (Fsp3) is 0.333. The van der Waals surface area contributed by atoms with Crippen LogP contribution in [0.4, 0.5) is 22.0 Å². The maximum atomic E-state index is 12.7. The van der Waals surface area contributed by atoms with Gasteiger partial charge in [0.25, 0.3) is 0 Å². The minimum atomic E-state index is -5.68. The lowest BCUT2D eigenvalue weighted by Crippen LogP contribution is -2.41. The molecule has 0 unspecified atom stereocenters. The molecule has 0 N–H and O–H groups in total. The number of hydrogen-bond donors (Lipinski definition) is 0. The maximum Gasteiger partial charge on any atom is 0.456 e. The summed E-state index contributed by atoms with van der Waals surface area (Å²) in [7, 11) is 0. The average molecular weight is 319 g/mol. The highest BCUT2D eigenvalue weighted by Crippen LogP contribution is 2.36. The summed E-state index contributed by atoms with van der Waals surface area (Å²) in [5.41, 5.74) is 0. The number of fused-ring (bicyclic) bond motifs is 1. The maximum absolute atomic E-state index is 12.7. The number of alkyl halides is 5. The van der Waals surface area contributed by atoms with Crippen LogP contribution in [-0.4, -0.2) is 28.7 Å². The van der Waals surface area contributed by atoms with E-state index in [-0.39, 0.29) is 10.7 Å². The summed E-state index contributed by atoms with van der Waals surface area (Å²) in [6.45, 7) is -1.87. The fourth-order valence-corrected chi connectivity index (χ4v) is 2.12. The largest absolute Gasteiger partial charge is 0.470 e. The van der Waals surface area contributed by atoms with Gasteiger partial charge in [0.2, 0.25) is 11.2 Å². The van der Waals surface area contributed by atoms with E-state index in [2.05, 4.69) is 14.7 Å². The molecule has 0 atom stereocenters. The van der Waals surface area contributed by atoms with Crippen molar-refractivity contribution in [3.8, 4) is 5.88 Å². The molecule has 2 aromatic rings. The summed E-state index contributed by atoms with van der Waals surface area (Å²) >= 11 is 6.64. The molecule has 0 amide bonds. The monoisotopic (exact) mass is 318 g/mol. The average Bonchev–Trinajstić information content (AvgIpc) is 2.72. The van der Waals surface area contributed by atoms with Crippen LogP contribution >= 0.6 is 22.9 Å². The summed E-state index contributed by atoms with van der Waals surface area (Å²) in [4.78, 5) is 7.61. The van der Waals surface area contributed by atoms with Gasteiger partial charge in [-0.15, -0.1) is 11.3 Å². The number of ether oxygens (including phenoxy) is 1. The zero-order chi connectivity index (χ0) is 14.3. The summed E-state index contributed by atoms with van der Waals surface area (Å²) in [5, 5.41) is 1.50. The van der Waals surface area contributed by atoms with E-state index in [1.165, 1.54) is 6.07 Å². The molecule has 0 bridgehead atoms. The van der Waals surface area contributed by atoms with Crippen LogP contribution in [-0.2, 0) is 0 Å². The lowest BCUT2D eigenvalue weighted by Gasteiger charge is -2.19. The molecule has 0 aliphatic heterocycles. The number of aromatic nitrogens is 2. The van der Waals surface area contributed by atoms with Gasteiger partial charge >= 0.3 is 12.1 Å². The van der Waals surface area contributed by atoms with E-state index in [4.69, 9.17) is 11.6 Å². The van der Waals surface area contributed by atoms with E-state index in [1.807, 2.05) is 0 Å². The minimum absolute atomic E-state index is 0.229. The second kappa shape index (κ2) is 4.71. The van der Waals surface area contributed by atoms with Gasteiger partial charge in [-0.2, -0.15) is 26.9 Å². The van der Waals surface area contributed by atoms with E-state index in [0.717, 1.165) is 11.3 Å². The van der Waals surface area contributed by atoms with Crippen LogP contribution in [0.1, 0.15) is 0 Å². The lowest BCUT2D eigenvalue weighted by molar-refractivity contribution is -0.290. The lowest BCUT2D eigenvalue weighted by atomic mass is 10.3. The zero-order valence-electron chi connectivity index (χ0n) is 8.84. The molecule has 0 aliphatic carbocycles. The molecule has 0 aliphatic rings. The third-order valence-corrected chi connectivity index (χ3v) is 3.04. The molecule has 2 rings (SSSR count). The first-order chi connectivity index (χ1) is 8.71. The Bertz CT molecular complexity index is 600. The van der Waals surface area contributed by atoms with E-state index < -0.39 is 24.6 Å². The molecule has 0 fully saturated rings. The Morgan fingerprint density at radius 2 is 1.89 bits per heavy atom. The van der Waals surface area contributed by atoms with Gasteiger partial charge in [-0.25, -0.2) is 4.98 Å². The highest BCUT2D eigenvalue weighted by Gasteiger charge is 2.58. The number of rotatable bonds is 3. The summed E-state index contributed by atoms with van der Waals surface area (Å²) in [6.07, 6.45) is -5.68. The highest BCUT2D eigenvalue weighted by atomic mass is 35.5. The van der Waals surface area contributed by atoms with Crippen molar-refractivity contribution < 1.29 is 26.7 Å². The van der Waals surface area contributed by atoms with Gasteiger partial charge in [-0.3, -0.25) is 0 Å². The van der Waals surface area contributed by atoms with Crippen molar-refractivity contribution in [2.75, 3.05) is 6.61 Å². The third-order valence-electron chi connectivity index (χ3n) is 2.07. The molecule has 2 heterocycles. The topological polar surface area (TPSA) is 35.0 Å². The van der Waals surface area contributed by atoms with Gasteiger partial charge < -0.3 is 4.74 Å². The van der Waals surface area contributed by atoms with Crippen molar-refractivity contribution in [3.05, 3.63) is 16.7 Å². The van der Waals surface area contributed by atoms with Crippen LogP contribution in [0.15, 0.2) is 11.4 Å². The van der Waals surface area contributed by atoms with Gasteiger partial charge in [-0.05, 0) is 23.0 Å². The Hall–Kier alpha value is -1.22. The molecular formula is C9H4ClF5N2OS. The number of hydrogen-bond acceptors (Lipinski definition) is 4. The van der Waals surface area contributed by atoms with Crippen molar-refractivity contribution in [3.63, 3.8) is 0 Å². The van der Waals surface area contributed by atoms with E-state index >= 15 is 0 Å². The Morgan fingerprint density at radius 1 is 1.21 bits per heavy atom. The second-order valence-corrected chi connectivity index (χ2v) is 4.66. The van der Waals surface area contributed by atoms with Crippen LogP contribution in [0.3, 0.4) is 0 Å². The van der Waals surface area contributed by atoms with Crippen molar-refractivity contribution in [1.82, 2.24) is 9.97 Å². The molecule has 0 aromatic carbocycles. The number of nitrogens with zero attached hydrogens (tertiary/aromatic N) is 2. The first-order valence-electron chi connectivity index (χ1n) is 4.69. The fourth-order valence-electron chi connectivity index (χ4n) is 1.15. The highest BCUT2D eigenvalue weighted by molar-refractivity contribution is 7.16. The SMILES string of the molecule is FC(F)(F)C(F)(F)COc1nc(Cl)nc2sccc12. The third kappa shape index (κ3) is 2.86. The molecule has 0 saturated heterocycles. The second-order valence-electron chi connectivity index (χ2n) is 3.43. The standard InChI is InChI=1S/C9H4ClF5N2OS/c10-7-16-5(4-1-2-19-6(4)17-7)18-3-8(11,12)9(13,14)15/h1-2H,3H2. The van der Waals surface area contributed by atoms with Crippen LogP contribution in [0.2, 0.25) is 5.28 Å². The van der Waals surface area contributed by atoms with Gasteiger partial charge in [0.15, 0.2) is 6.61 Å². The van der Waals surface area contributed by atoms with Crippen LogP contribution in [0, 0.1) is 0 Å². The van der Waals surface area contributed by atoms with Gasteiger partial charge in [-0.1, -0.05) is 0 Å². The van der Waals surface area contributed by atoms with E-state index in [1.54, 1.807) is 5.38 Å². The molecule has 0 saturated carbocycles. The molecule has 10 heteroatoms. The van der Waals surface area contributed by atoms with Crippen molar-refractivity contribution in [1.29, 1.82) is 0 Å². The van der Waals surface area contributed by atoms with Crippen LogP contribution in [0.25, 0.3) is 10.2 Å². The molecular weight excluding hydrogens is 315 g/mol. The van der Waals surface area contributed by atoms with E-state index in [9.17, 15) is 22.0 Å². The smallest absolute Gasteiger partial charge is 0.456 e. The predicted octanol–water partition coefficient (Wildman–Crippen LogP) is 3.92. The first kappa shape index (κ1) is 14.2. The molecule has 0 spiro atoms. The van der Waals surface area contributed by atoms with Gasteiger partial charge in [0.05, 0.1) is 5.39 Å². The molecule has 2 aromatic heterocycles. The Labute approximate surface area is 112 Å². The van der Waals surface area contributed by atoms with E-state index in [0.29, 0.717) is 4.83 Å². The molecule has 0 radical (unpaired) electrons. The Kier molecular flexibility index (Phi) is 3.52. The van der Waals surface area contributed by atoms with Gasteiger partial charge in [0, 0.05) is 0 Å². The summed E-state index contributed by atoms with van der Waals surface area (Å²) < 4.78 is 65.8. The van der Waals surface area contributed by atoms with Gasteiger partial charge in [0.1, 0.15) is 4.83 Å².